The van der Waals surface area contributed by atoms with Gasteiger partial charge in [0, 0.05) is 12.2 Å². The second kappa shape index (κ2) is 7.91. The minimum atomic E-state index is -0.218. The highest BCUT2D eigenvalue weighted by atomic mass is 16.5. The molecule has 0 aliphatic rings. The van der Waals surface area contributed by atoms with Gasteiger partial charge in [0.05, 0.1) is 18.1 Å². The Morgan fingerprint density at radius 1 is 1.15 bits per heavy atom. The fraction of sp³-hybridized carbons (Fsp3) is 0.300. The lowest BCUT2D eigenvalue weighted by Crippen LogP contribution is -2.20. The molecule has 0 saturated carbocycles. The Morgan fingerprint density at radius 3 is 2.58 bits per heavy atom. The van der Waals surface area contributed by atoms with Gasteiger partial charge < -0.3 is 19.4 Å². The fourth-order valence-electron chi connectivity index (χ4n) is 2.85. The number of amides is 1. The summed E-state index contributed by atoms with van der Waals surface area (Å²) in [7, 11) is 1.60. The summed E-state index contributed by atoms with van der Waals surface area (Å²) in [5.41, 5.74) is 2.67. The highest BCUT2D eigenvalue weighted by molar-refractivity contribution is 5.94. The number of rotatable bonds is 7. The molecule has 26 heavy (non-hydrogen) atoms. The van der Waals surface area contributed by atoms with Gasteiger partial charge in [0.25, 0.3) is 5.91 Å². The van der Waals surface area contributed by atoms with Crippen LogP contribution in [0, 0.1) is 6.92 Å². The monoisotopic (exact) mass is 353 g/mol. The lowest BCUT2D eigenvalue weighted by molar-refractivity contribution is -0.118. The Morgan fingerprint density at radius 2 is 1.88 bits per heavy atom. The Bertz CT molecular complexity index is 901. The van der Waals surface area contributed by atoms with E-state index in [-0.39, 0.29) is 12.5 Å². The Hall–Kier alpha value is -3.02. The zero-order valence-corrected chi connectivity index (χ0v) is 15.3. The van der Waals surface area contributed by atoms with Crippen molar-refractivity contribution >= 4 is 22.6 Å². The van der Waals surface area contributed by atoms with Crippen LogP contribution < -0.4 is 14.8 Å². The average Bonchev–Trinajstić information content (AvgIpc) is 2.95. The molecular weight excluding hydrogens is 330 g/mol. The lowest BCUT2D eigenvalue weighted by atomic mass is 10.2. The van der Waals surface area contributed by atoms with E-state index in [0.29, 0.717) is 11.4 Å². The van der Waals surface area contributed by atoms with Crippen molar-refractivity contribution in [3.8, 4) is 11.5 Å². The average molecular weight is 353 g/mol. The van der Waals surface area contributed by atoms with Crippen molar-refractivity contribution in [2.75, 3.05) is 19.0 Å². The van der Waals surface area contributed by atoms with Crippen LogP contribution in [0.4, 0.5) is 5.69 Å². The van der Waals surface area contributed by atoms with E-state index in [1.807, 2.05) is 25.1 Å². The number of ether oxygens (including phenoxy) is 2. The number of nitrogens with zero attached hydrogens (tertiary/aromatic N) is 2. The molecule has 6 nitrogen and oxygen atoms in total. The number of methoxy groups -OCH3 is 1. The van der Waals surface area contributed by atoms with E-state index in [9.17, 15) is 4.79 Å². The van der Waals surface area contributed by atoms with E-state index in [1.54, 1.807) is 31.4 Å². The maximum Gasteiger partial charge on any atom is 0.262 e. The van der Waals surface area contributed by atoms with Crippen LogP contribution in [-0.4, -0.2) is 29.2 Å². The number of carbonyl (C=O) groups excluding carboxylic acids is 1. The summed E-state index contributed by atoms with van der Waals surface area (Å²) in [4.78, 5) is 16.7. The molecule has 0 unspecified atom stereocenters. The molecule has 3 aromatic rings. The minimum absolute atomic E-state index is 0.0618. The quantitative estimate of drug-likeness (QED) is 0.702. The Balaban J connectivity index is 1.63. The largest absolute Gasteiger partial charge is 0.497 e. The highest BCUT2D eigenvalue weighted by Gasteiger charge is 2.09. The zero-order chi connectivity index (χ0) is 18.5. The molecule has 0 aliphatic heterocycles. The SMILES string of the molecule is CCCn1c(C)nc2cc(NC(=O)COc3ccc(OC)cc3)ccc21. The molecule has 0 spiro atoms. The fourth-order valence-corrected chi connectivity index (χ4v) is 2.85. The van der Waals surface area contributed by atoms with Gasteiger partial charge in [0.15, 0.2) is 6.61 Å². The number of hydrogen-bond acceptors (Lipinski definition) is 4. The van der Waals surface area contributed by atoms with E-state index < -0.39 is 0 Å². The van der Waals surface area contributed by atoms with Crippen molar-refractivity contribution in [1.29, 1.82) is 0 Å². The van der Waals surface area contributed by atoms with Gasteiger partial charge in [-0.2, -0.15) is 0 Å². The summed E-state index contributed by atoms with van der Waals surface area (Å²) in [6.07, 6.45) is 1.05. The molecule has 1 heterocycles. The first-order chi connectivity index (χ1) is 12.6. The van der Waals surface area contributed by atoms with Crippen molar-refractivity contribution < 1.29 is 14.3 Å². The first-order valence-corrected chi connectivity index (χ1v) is 8.64. The summed E-state index contributed by atoms with van der Waals surface area (Å²) in [6.45, 7) is 5.01. The molecule has 0 aliphatic carbocycles. The molecule has 1 N–H and O–H groups in total. The third-order valence-electron chi connectivity index (χ3n) is 4.10. The topological polar surface area (TPSA) is 65.4 Å². The van der Waals surface area contributed by atoms with Gasteiger partial charge in [-0.3, -0.25) is 4.79 Å². The first kappa shape index (κ1) is 17.8. The van der Waals surface area contributed by atoms with Gasteiger partial charge in [0.1, 0.15) is 17.3 Å². The third-order valence-corrected chi connectivity index (χ3v) is 4.10. The molecule has 3 rings (SSSR count). The molecule has 0 bridgehead atoms. The molecule has 6 heteroatoms. The van der Waals surface area contributed by atoms with Gasteiger partial charge in [-0.05, 0) is 55.8 Å². The smallest absolute Gasteiger partial charge is 0.262 e. The van der Waals surface area contributed by atoms with Gasteiger partial charge in [-0.1, -0.05) is 6.92 Å². The second-order valence-electron chi connectivity index (χ2n) is 6.03. The van der Waals surface area contributed by atoms with Gasteiger partial charge in [-0.25, -0.2) is 4.98 Å². The number of benzene rings is 2. The maximum atomic E-state index is 12.1. The van der Waals surface area contributed by atoms with Crippen LogP contribution in [0.15, 0.2) is 42.5 Å². The van der Waals surface area contributed by atoms with Crippen molar-refractivity contribution in [1.82, 2.24) is 9.55 Å². The summed E-state index contributed by atoms with van der Waals surface area (Å²) in [5.74, 6) is 2.12. The van der Waals surface area contributed by atoms with E-state index in [0.717, 1.165) is 35.6 Å². The minimum Gasteiger partial charge on any atom is -0.497 e. The molecule has 0 atom stereocenters. The molecule has 0 saturated heterocycles. The third kappa shape index (κ3) is 3.96. The van der Waals surface area contributed by atoms with Gasteiger partial charge >= 0.3 is 0 Å². The van der Waals surface area contributed by atoms with Crippen molar-refractivity contribution in [3.63, 3.8) is 0 Å². The molecule has 0 radical (unpaired) electrons. The number of imidazole rings is 1. The number of anilines is 1. The number of aromatic nitrogens is 2. The standard InChI is InChI=1S/C20H23N3O3/c1-4-11-23-14(2)21-18-12-15(5-10-19(18)23)22-20(24)13-26-17-8-6-16(25-3)7-9-17/h5-10,12H,4,11,13H2,1-3H3,(H,22,24). The number of aryl methyl sites for hydroxylation is 2. The van der Waals surface area contributed by atoms with E-state index in [4.69, 9.17) is 9.47 Å². The van der Waals surface area contributed by atoms with Crippen LogP contribution >= 0.6 is 0 Å². The van der Waals surface area contributed by atoms with Gasteiger partial charge in [0.2, 0.25) is 0 Å². The molecular formula is C20H23N3O3. The van der Waals surface area contributed by atoms with Crippen LogP contribution in [0.25, 0.3) is 11.0 Å². The number of carbonyl (C=O) groups is 1. The van der Waals surface area contributed by atoms with Crippen LogP contribution in [0.2, 0.25) is 0 Å². The van der Waals surface area contributed by atoms with Crippen molar-refractivity contribution in [2.45, 2.75) is 26.8 Å². The van der Waals surface area contributed by atoms with E-state index in [1.165, 1.54) is 0 Å². The summed E-state index contributed by atoms with van der Waals surface area (Å²) >= 11 is 0. The predicted octanol–water partition coefficient (Wildman–Crippen LogP) is 3.78. The zero-order valence-electron chi connectivity index (χ0n) is 15.3. The molecule has 1 aromatic heterocycles. The summed E-state index contributed by atoms with van der Waals surface area (Å²) in [5, 5.41) is 2.85. The number of hydrogen-bond donors (Lipinski definition) is 1. The lowest BCUT2D eigenvalue weighted by Gasteiger charge is -2.09. The Kier molecular flexibility index (Phi) is 5.41. The Labute approximate surface area is 152 Å². The number of nitrogens with one attached hydrogen (secondary N) is 1. The predicted molar refractivity (Wildman–Crippen MR) is 102 cm³/mol. The molecule has 1 amide bonds. The molecule has 2 aromatic carbocycles. The summed E-state index contributed by atoms with van der Waals surface area (Å²) < 4.78 is 12.8. The van der Waals surface area contributed by atoms with E-state index in [2.05, 4.69) is 21.8 Å². The van der Waals surface area contributed by atoms with Gasteiger partial charge in [-0.15, -0.1) is 0 Å². The highest BCUT2D eigenvalue weighted by Crippen LogP contribution is 2.21. The summed E-state index contributed by atoms with van der Waals surface area (Å²) in [6, 6.07) is 12.9. The second-order valence-corrected chi connectivity index (χ2v) is 6.03. The van der Waals surface area contributed by atoms with Crippen LogP contribution in [-0.2, 0) is 11.3 Å². The molecule has 0 fully saturated rings. The first-order valence-electron chi connectivity index (χ1n) is 8.64. The normalized spacial score (nSPS) is 10.7. The van der Waals surface area contributed by atoms with Crippen molar-refractivity contribution in [3.05, 3.63) is 48.3 Å². The maximum absolute atomic E-state index is 12.1. The number of fused-ring (bicyclic) bond motifs is 1. The van der Waals surface area contributed by atoms with Crippen LogP contribution in [0.3, 0.4) is 0 Å². The van der Waals surface area contributed by atoms with Crippen LogP contribution in [0.1, 0.15) is 19.2 Å². The van der Waals surface area contributed by atoms with E-state index >= 15 is 0 Å². The van der Waals surface area contributed by atoms with Crippen molar-refractivity contribution in [2.24, 2.45) is 0 Å². The molecule has 136 valence electrons. The van der Waals surface area contributed by atoms with Crippen LogP contribution in [0.5, 0.6) is 11.5 Å².